The minimum atomic E-state index is -0.120. The number of fused-ring (bicyclic) bond motifs is 1. The van der Waals surface area contributed by atoms with Crippen molar-refractivity contribution in [3.05, 3.63) is 84.7 Å². The van der Waals surface area contributed by atoms with Crippen molar-refractivity contribution < 1.29 is 4.39 Å². The maximum Gasteiger partial charge on any atom is 0.138 e. The molecule has 0 aliphatic heterocycles. The van der Waals surface area contributed by atoms with Gasteiger partial charge in [0, 0.05) is 10.9 Å². The molecule has 1 heteroatoms. The first kappa shape index (κ1) is 16.1. The van der Waals surface area contributed by atoms with Crippen molar-refractivity contribution in [1.29, 1.82) is 0 Å². The fraction of sp³-hybridized carbons (Fsp3) is 0.250. The van der Waals surface area contributed by atoms with E-state index in [2.05, 4.69) is 30.9 Å². The third-order valence-electron chi connectivity index (χ3n) is 5.64. The van der Waals surface area contributed by atoms with Gasteiger partial charge in [0.1, 0.15) is 5.82 Å². The SMILES string of the molecule is C=C[C@H]1CC[C@H](c2ccc3c(F)c(-c4ccccc4)ccc3c2)CC1. The average Bonchev–Trinajstić information content (AvgIpc) is 2.69. The van der Waals surface area contributed by atoms with Crippen molar-refractivity contribution >= 4 is 10.8 Å². The van der Waals surface area contributed by atoms with E-state index in [9.17, 15) is 0 Å². The smallest absolute Gasteiger partial charge is 0.138 e. The first-order valence-electron chi connectivity index (χ1n) is 9.16. The summed E-state index contributed by atoms with van der Waals surface area (Å²) >= 11 is 0. The molecule has 0 bridgehead atoms. The van der Waals surface area contributed by atoms with E-state index in [1.807, 2.05) is 42.5 Å². The van der Waals surface area contributed by atoms with Crippen LogP contribution in [0.2, 0.25) is 0 Å². The van der Waals surface area contributed by atoms with Crippen LogP contribution in [0, 0.1) is 11.7 Å². The van der Waals surface area contributed by atoms with Crippen molar-refractivity contribution in [3.8, 4) is 11.1 Å². The molecule has 3 aromatic carbocycles. The van der Waals surface area contributed by atoms with E-state index in [-0.39, 0.29) is 5.82 Å². The zero-order valence-electron chi connectivity index (χ0n) is 14.4. The quantitative estimate of drug-likeness (QED) is 0.449. The third-order valence-corrected chi connectivity index (χ3v) is 5.64. The molecule has 126 valence electrons. The molecule has 1 fully saturated rings. The summed E-state index contributed by atoms with van der Waals surface area (Å²) < 4.78 is 15.0. The molecule has 1 aliphatic carbocycles. The first-order valence-corrected chi connectivity index (χ1v) is 9.16. The highest BCUT2D eigenvalue weighted by Crippen LogP contribution is 2.38. The Bertz CT molecular complexity index is 887. The fourth-order valence-electron chi connectivity index (χ4n) is 4.09. The number of halogens is 1. The van der Waals surface area contributed by atoms with Crippen molar-refractivity contribution in [1.82, 2.24) is 0 Å². The zero-order chi connectivity index (χ0) is 17.2. The Hall–Kier alpha value is -2.41. The highest BCUT2D eigenvalue weighted by atomic mass is 19.1. The molecule has 0 unspecified atom stereocenters. The molecular formula is C24H23F. The Morgan fingerprint density at radius 2 is 1.64 bits per heavy atom. The van der Waals surface area contributed by atoms with Gasteiger partial charge in [-0.25, -0.2) is 4.39 Å². The number of rotatable bonds is 3. The van der Waals surface area contributed by atoms with Crippen molar-refractivity contribution in [2.75, 3.05) is 0 Å². The molecule has 25 heavy (non-hydrogen) atoms. The molecule has 4 rings (SSSR count). The Labute approximate surface area is 149 Å². The Morgan fingerprint density at radius 3 is 2.36 bits per heavy atom. The minimum absolute atomic E-state index is 0.120. The standard InChI is InChI=1S/C24H23F/c1-2-17-8-10-18(11-9-17)20-12-14-23-21(16-20)13-15-22(24(23)25)19-6-4-3-5-7-19/h2-7,12-18H,1,8-11H2/t17-,18-. The molecule has 0 nitrogen and oxygen atoms in total. The monoisotopic (exact) mass is 330 g/mol. The largest absolute Gasteiger partial charge is 0.206 e. The van der Waals surface area contributed by atoms with Crippen LogP contribution in [0.4, 0.5) is 4.39 Å². The Balaban J connectivity index is 1.67. The lowest BCUT2D eigenvalue weighted by molar-refractivity contribution is 0.376. The van der Waals surface area contributed by atoms with E-state index in [0.29, 0.717) is 22.8 Å². The highest BCUT2D eigenvalue weighted by molar-refractivity contribution is 5.88. The van der Waals surface area contributed by atoms with Crippen molar-refractivity contribution in [2.45, 2.75) is 31.6 Å². The minimum Gasteiger partial charge on any atom is -0.206 e. The Morgan fingerprint density at radius 1 is 0.880 bits per heavy atom. The molecular weight excluding hydrogens is 307 g/mol. The van der Waals surface area contributed by atoms with Gasteiger partial charge < -0.3 is 0 Å². The van der Waals surface area contributed by atoms with Gasteiger partial charge in [0.25, 0.3) is 0 Å². The van der Waals surface area contributed by atoms with E-state index in [1.54, 1.807) is 0 Å². The van der Waals surface area contributed by atoms with Gasteiger partial charge in [0.2, 0.25) is 0 Å². The first-order chi connectivity index (χ1) is 12.3. The van der Waals surface area contributed by atoms with Crippen LogP contribution in [0.15, 0.2) is 73.3 Å². The summed E-state index contributed by atoms with van der Waals surface area (Å²) in [4.78, 5) is 0. The lowest BCUT2D eigenvalue weighted by atomic mass is 9.78. The second-order valence-electron chi connectivity index (χ2n) is 7.12. The summed E-state index contributed by atoms with van der Waals surface area (Å²) in [7, 11) is 0. The molecule has 0 saturated heterocycles. The predicted molar refractivity (Wildman–Crippen MR) is 104 cm³/mol. The van der Waals surface area contributed by atoms with E-state index in [0.717, 1.165) is 10.9 Å². The Kier molecular flexibility index (Phi) is 4.40. The topological polar surface area (TPSA) is 0 Å². The zero-order valence-corrected chi connectivity index (χ0v) is 14.4. The van der Waals surface area contributed by atoms with Gasteiger partial charge >= 0.3 is 0 Å². The summed E-state index contributed by atoms with van der Waals surface area (Å²) in [5.74, 6) is 1.14. The number of hydrogen-bond acceptors (Lipinski definition) is 0. The molecule has 0 aromatic heterocycles. The van der Waals surface area contributed by atoms with Gasteiger partial charge in [0.05, 0.1) is 0 Å². The molecule has 0 atom stereocenters. The highest BCUT2D eigenvalue weighted by Gasteiger charge is 2.21. The maximum atomic E-state index is 15.0. The summed E-state index contributed by atoms with van der Waals surface area (Å²) in [6, 6.07) is 20.0. The van der Waals surface area contributed by atoms with Gasteiger partial charge in [-0.05, 0) is 54.0 Å². The predicted octanol–water partition coefficient (Wildman–Crippen LogP) is 7.11. The van der Waals surface area contributed by atoms with Gasteiger partial charge in [-0.3, -0.25) is 0 Å². The number of hydrogen-bond donors (Lipinski definition) is 0. The van der Waals surface area contributed by atoms with Crippen molar-refractivity contribution in [2.24, 2.45) is 5.92 Å². The maximum absolute atomic E-state index is 15.0. The van der Waals surface area contributed by atoms with E-state index < -0.39 is 0 Å². The van der Waals surface area contributed by atoms with Gasteiger partial charge in [0.15, 0.2) is 0 Å². The van der Waals surface area contributed by atoms with E-state index >= 15 is 4.39 Å². The van der Waals surface area contributed by atoms with Crippen LogP contribution in [-0.4, -0.2) is 0 Å². The fourth-order valence-corrected chi connectivity index (χ4v) is 4.09. The van der Waals surface area contributed by atoms with Gasteiger partial charge in [-0.1, -0.05) is 66.7 Å². The lowest BCUT2D eigenvalue weighted by Gasteiger charge is -2.27. The summed E-state index contributed by atoms with van der Waals surface area (Å²) in [5.41, 5.74) is 2.95. The number of benzene rings is 3. The molecule has 1 aliphatic rings. The van der Waals surface area contributed by atoms with Gasteiger partial charge in [-0.15, -0.1) is 6.58 Å². The van der Waals surface area contributed by atoms with E-state index in [4.69, 9.17) is 0 Å². The summed E-state index contributed by atoms with van der Waals surface area (Å²) in [5, 5.41) is 1.71. The van der Waals surface area contributed by atoms with Crippen LogP contribution in [0.1, 0.15) is 37.2 Å². The normalized spacial score (nSPS) is 20.5. The van der Waals surface area contributed by atoms with Crippen molar-refractivity contribution in [3.63, 3.8) is 0 Å². The number of allylic oxidation sites excluding steroid dienone is 1. The average molecular weight is 330 g/mol. The summed E-state index contributed by atoms with van der Waals surface area (Å²) in [6.45, 7) is 3.92. The van der Waals surface area contributed by atoms with Crippen LogP contribution in [0.5, 0.6) is 0 Å². The van der Waals surface area contributed by atoms with E-state index in [1.165, 1.54) is 31.2 Å². The molecule has 3 aromatic rings. The molecule has 0 spiro atoms. The van der Waals surface area contributed by atoms with Gasteiger partial charge in [-0.2, -0.15) is 0 Å². The van der Waals surface area contributed by atoms with Crippen LogP contribution < -0.4 is 0 Å². The molecule has 0 heterocycles. The van der Waals surface area contributed by atoms with Crippen LogP contribution in [-0.2, 0) is 0 Å². The molecule has 0 radical (unpaired) electrons. The molecule has 0 N–H and O–H groups in total. The van der Waals surface area contributed by atoms with Crippen LogP contribution in [0.25, 0.3) is 21.9 Å². The second-order valence-corrected chi connectivity index (χ2v) is 7.12. The molecule has 0 amide bonds. The van der Waals surface area contributed by atoms with Crippen LogP contribution in [0.3, 0.4) is 0 Å². The summed E-state index contributed by atoms with van der Waals surface area (Å²) in [6.07, 6.45) is 6.93. The van der Waals surface area contributed by atoms with Crippen LogP contribution >= 0.6 is 0 Å². The third kappa shape index (κ3) is 3.11. The molecule has 1 saturated carbocycles. The lowest BCUT2D eigenvalue weighted by Crippen LogP contribution is -2.11. The second kappa shape index (κ2) is 6.84.